The zero-order valence-electron chi connectivity index (χ0n) is 9.69. The number of hydrogen-bond acceptors (Lipinski definition) is 5. The molecular formula is C10H18N4O2. The molecule has 0 saturated carbocycles. The van der Waals surface area contributed by atoms with E-state index in [1.165, 1.54) is 0 Å². The van der Waals surface area contributed by atoms with Crippen LogP contribution in [0.5, 0.6) is 0 Å². The number of aryl methyl sites for hydroxylation is 1. The van der Waals surface area contributed by atoms with E-state index in [0.29, 0.717) is 31.1 Å². The lowest BCUT2D eigenvalue weighted by atomic mass is 10.2. The molecule has 0 aliphatic heterocycles. The molecule has 1 rings (SSSR count). The minimum absolute atomic E-state index is 0.127. The monoisotopic (exact) mass is 226 g/mol. The number of hydrogen-bond donors (Lipinski definition) is 2. The number of nitrogens with zero attached hydrogens (tertiary/aromatic N) is 2. The van der Waals surface area contributed by atoms with E-state index >= 15 is 0 Å². The summed E-state index contributed by atoms with van der Waals surface area (Å²) in [7, 11) is 0. The first-order valence-corrected chi connectivity index (χ1v) is 5.46. The van der Waals surface area contributed by atoms with E-state index in [2.05, 4.69) is 15.5 Å². The molecule has 0 aliphatic carbocycles. The zero-order valence-corrected chi connectivity index (χ0v) is 9.69. The summed E-state index contributed by atoms with van der Waals surface area (Å²) >= 11 is 0. The highest BCUT2D eigenvalue weighted by Gasteiger charge is 2.11. The van der Waals surface area contributed by atoms with Crippen LogP contribution in [-0.4, -0.2) is 28.6 Å². The molecule has 1 heterocycles. The van der Waals surface area contributed by atoms with Crippen LogP contribution in [0, 0.1) is 6.92 Å². The number of nitrogens with one attached hydrogen (secondary N) is 1. The highest BCUT2D eigenvalue weighted by Crippen LogP contribution is 1.96. The highest BCUT2D eigenvalue weighted by molar-refractivity contribution is 5.81. The SMILES string of the molecule is CCCC(N)C(=O)NCCc1nc(C)no1. The lowest BCUT2D eigenvalue weighted by Gasteiger charge is -2.09. The molecule has 0 aliphatic rings. The van der Waals surface area contributed by atoms with Gasteiger partial charge in [0, 0.05) is 13.0 Å². The van der Waals surface area contributed by atoms with Crippen molar-refractivity contribution < 1.29 is 9.32 Å². The van der Waals surface area contributed by atoms with Gasteiger partial charge in [0.2, 0.25) is 11.8 Å². The Morgan fingerprint density at radius 1 is 1.62 bits per heavy atom. The third-order valence-corrected chi connectivity index (χ3v) is 2.14. The maximum atomic E-state index is 11.4. The summed E-state index contributed by atoms with van der Waals surface area (Å²) in [5.41, 5.74) is 5.65. The summed E-state index contributed by atoms with van der Waals surface area (Å²) in [6, 6.07) is -0.422. The molecule has 1 aromatic heterocycles. The smallest absolute Gasteiger partial charge is 0.236 e. The summed E-state index contributed by atoms with van der Waals surface area (Å²) in [5.74, 6) is 1.00. The predicted molar refractivity (Wildman–Crippen MR) is 58.6 cm³/mol. The van der Waals surface area contributed by atoms with E-state index in [1.807, 2.05) is 6.92 Å². The van der Waals surface area contributed by atoms with E-state index in [4.69, 9.17) is 10.3 Å². The van der Waals surface area contributed by atoms with Crippen molar-refractivity contribution in [3.63, 3.8) is 0 Å². The second kappa shape index (κ2) is 6.22. The average Bonchev–Trinajstić information content (AvgIpc) is 2.64. The first-order chi connectivity index (χ1) is 7.63. The minimum Gasteiger partial charge on any atom is -0.354 e. The van der Waals surface area contributed by atoms with Gasteiger partial charge in [-0.3, -0.25) is 4.79 Å². The van der Waals surface area contributed by atoms with Gasteiger partial charge in [-0.1, -0.05) is 18.5 Å². The molecule has 6 heteroatoms. The third kappa shape index (κ3) is 3.98. The molecule has 6 nitrogen and oxygen atoms in total. The van der Waals surface area contributed by atoms with E-state index in [0.717, 1.165) is 6.42 Å². The van der Waals surface area contributed by atoms with Crippen molar-refractivity contribution in [2.45, 2.75) is 39.2 Å². The fraction of sp³-hybridized carbons (Fsp3) is 0.700. The maximum absolute atomic E-state index is 11.4. The van der Waals surface area contributed by atoms with E-state index < -0.39 is 6.04 Å². The van der Waals surface area contributed by atoms with Gasteiger partial charge in [-0.25, -0.2) is 0 Å². The van der Waals surface area contributed by atoms with Crippen LogP contribution in [0.2, 0.25) is 0 Å². The number of aromatic nitrogens is 2. The molecular weight excluding hydrogens is 208 g/mol. The molecule has 1 aromatic rings. The van der Waals surface area contributed by atoms with E-state index in [1.54, 1.807) is 6.92 Å². The summed E-state index contributed by atoms with van der Waals surface area (Å²) in [6.45, 7) is 4.22. The molecule has 0 saturated heterocycles. The zero-order chi connectivity index (χ0) is 12.0. The van der Waals surface area contributed by atoms with Crippen molar-refractivity contribution in [3.8, 4) is 0 Å². The molecule has 1 unspecified atom stereocenters. The molecule has 16 heavy (non-hydrogen) atoms. The van der Waals surface area contributed by atoms with Gasteiger partial charge in [0.25, 0.3) is 0 Å². The molecule has 0 spiro atoms. The summed E-state index contributed by atoms with van der Waals surface area (Å²) < 4.78 is 4.91. The van der Waals surface area contributed by atoms with Crippen LogP contribution in [0.15, 0.2) is 4.52 Å². The topological polar surface area (TPSA) is 94.0 Å². The van der Waals surface area contributed by atoms with Gasteiger partial charge in [0.15, 0.2) is 5.82 Å². The van der Waals surface area contributed by atoms with Crippen LogP contribution in [-0.2, 0) is 11.2 Å². The lowest BCUT2D eigenvalue weighted by molar-refractivity contribution is -0.122. The number of carbonyl (C=O) groups excluding carboxylic acids is 1. The summed E-state index contributed by atoms with van der Waals surface area (Å²) in [4.78, 5) is 15.5. The molecule has 1 amide bonds. The average molecular weight is 226 g/mol. The quantitative estimate of drug-likeness (QED) is 0.720. The number of nitrogens with two attached hydrogens (primary N) is 1. The molecule has 0 aromatic carbocycles. The van der Waals surface area contributed by atoms with E-state index in [9.17, 15) is 4.79 Å². The van der Waals surface area contributed by atoms with Crippen LogP contribution in [0.1, 0.15) is 31.5 Å². The Kier molecular flexibility index (Phi) is 4.91. The Morgan fingerprint density at radius 2 is 2.38 bits per heavy atom. The summed E-state index contributed by atoms with van der Waals surface area (Å²) in [5, 5.41) is 6.39. The Hall–Kier alpha value is -1.43. The van der Waals surface area contributed by atoms with Crippen LogP contribution >= 0.6 is 0 Å². The van der Waals surface area contributed by atoms with Gasteiger partial charge >= 0.3 is 0 Å². The van der Waals surface area contributed by atoms with Crippen molar-refractivity contribution in [1.82, 2.24) is 15.5 Å². The van der Waals surface area contributed by atoms with E-state index in [-0.39, 0.29) is 5.91 Å². The molecule has 3 N–H and O–H groups in total. The fourth-order valence-corrected chi connectivity index (χ4v) is 1.31. The molecule has 0 radical (unpaired) electrons. The fourth-order valence-electron chi connectivity index (χ4n) is 1.31. The van der Waals surface area contributed by atoms with Crippen molar-refractivity contribution in [2.75, 3.05) is 6.54 Å². The van der Waals surface area contributed by atoms with Gasteiger partial charge in [0.05, 0.1) is 6.04 Å². The van der Waals surface area contributed by atoms with Crippen LogP contribution in [0.4, 0.5) is 0 Å². The van der Waals surface area contributed by atoms with Crippen LogP contribution in [0.3, 0.4) is 0 Å². The van der Waals surface area contributed by atoms with Crippen LogP contribution in [0.25, 0.3) is 0 Å². The minimum atomic E-state index is -0.422. The first kappa shape index (κ1) is 12.6. The standard InChI is InChI=1S/C10H18N4O2/c1-3-4-8(11)10(15)12-6-5-9-13-7(2)14-16-9/h8H,3-6,11H2,1-2H3,(H,12,15). The van der Waals surface area contributed by atoms with Crippen LogP contribution < -0.4 is 11.1 Å². The Labute approximate surface area is 94.6 Å². The molecule has 0 bridgehead atoms. The maximum Gasteiger partial charge on any atom is 0.236 e. The summed E-state index contributed by atoms with van der Waals surface area (Å²) in [6.07, 6.45) is 2.13. The number of carbonyl (C=O) groups is 1. The van der Waals surface area contributed by atoms with Gasteiger partial charge in [-0.2, -0.15) is 4.98 Å². The van der Waals surface area contributed by atoms with Crippen molar-refractivity contribution in [3.05, 3.63) is 11.7 Å². The Morgan fingerprint density at radius 3 is 2.94 bits per heavy atom. The largest absolute Gasteiger partial charge is 0.354 e. The highest BCUT2D eigenvalue weighted by atomic mass is 16.5. The Balaban J connectivity index is 2.22. The van der Waals surface area contributed by atoms with Crippen molar-refractivity contribution in [2.24, 2.45) is 5.73 Å². The first-order valence-electron chi connectivity index (χ1n) is 5.46. The van der Waals surface area contributed by atoms with Gasteiger partial charge < -0.3 is 15.6 Å². The normalized spacial score (nSPS) is 12.4. The predicted octanol–water partition coefficient (Wildman–Crippen LogP) is 0.164. The second-order valence-electron chi connectivity index (χ2n) is 3.67. The molecule has 0 fully saturated rings. The van der Waals surface area contributed by atoms with Crippen molar-refractivity contribution >= 4 is 5.91 Å². The molecule has 1 atom stereocenters. The number of amides is 1. The second-order valence-corrected chi connectivity index (χ2v) is 3.67. The van der Waals surface area contributed by atoms with Crippen molar-refractivity contribution in [1.29, 1.82) is 0 Å². The van der Waals surface area contributed by atoms with Gasteiger partial charge in [-0.15, -0.1) is 0 Å². The van der Waals surface area contributed by atoms with Gasteiger partial charge in [0.1, 0.15) is 0 Å². The third-order valence-electron chi connectivity index (χ3n) is 2.14. The molecule has 90 valence electrons. The van der Waals surface area contributed by atoms with Gasteiger partial charge in [-0.05, 0) is 13.3 Å². The Bertz CT molecular complexity index is 337. The lowest BCUT2D eigenvalue weighted by Crippen LogP contribution is -2.41. The number of rotatable bonds is 6.